The van der Waals surface area contributed by atoms with Crippen LogP contribution in [0.5, 0.6) is 0 Å². The number of halogens is 2. The second kappa shape index (κ2) is 5.02. The maximum Gasteiger partial charge on any atom is 0.310 e. The van der Waals surface area contributed by atoms with Crippen LogP contribution in [0, 0.1) is 17.0 Å². The molecule has 1 fully saturated rings. The van der Waals surface area contributed by atoms with Crippen molar-refractivity contribution >= 4 is 5.97 Å². The Morgan fingerprint density at radius 1 is 1.22 bits per heavy atom. The van der Waals surface area contributed by atoms with Gasteiger partial charge in [-0.05, 0) is 37.0 Å². The Bertz CT molecular complexity index is 433. The van der Waals surface area contributed by atoms with Crippen LogP contribution in [-0.2, 0) is 16.0 Å². The fraction of sp³-hybridized carbons (Fsp3) is 0.462. The number of carboxylic acid groups (broad SMARTS) is 1. The van der Waals surface area contributed by atoms with Crippen LogP contribution in [0.25, 0.3) is 0 Å². The molecule has 0 radical (unpaired) electrons. The highest BCUT2D eigenvalue weighted by Crippen LogP contribution is 2.35. The molecule has 18 heavy (non-hydrogen) atoms. The molecule has 1 N–H and O–H groups in total. The fourth-order valence-corrected chi connectivity index (χ4v) is 2.33. The van der Waals surface area contributed by atoms with Gasteiger partial charge in [0.1, 0.15) is 11.6 Å². The molecule has 0 spiro atoms. The SMILES string of the molecule is O=C(O)C1(Cc2cc(F)cc(F)c2)CCOCC1. The number of aliphatic carboxylic acids is 1. The second-order valence-corrected chi connectivity index (χ2v) is 4.65. The van der Waals surface area contributed by atoms with Crippen molar-refractivity contribution in [1.82, 2.24) is 0 Å². The second-order valence-electron chi connectivity index (χ2n) is 4.65. The average molecular weight is 256 g/mol. The molecule has 1 heterocycles. The lowest BCUT2D eigenvalue weighted by Crippen LogP contribution is -2.39. The lowest BCUT2D eigenvalue weighted by atomic mass is 9.75. The van der Waals surface area contributed by atoms with E-state index in [-0.39, 0.29) is 6.42 Å². The van der Waals surface area contributed by atoms with Gasteiger partial charge in [-0.1, -0.05) is 0 Å². The van der Waals surface area contributed by atoms with E-state index in [9.17, 15) is 18.7 Å². The Labute approximate surface area is 103 Å². The standard InChI is InChI=1S/C13H14F2O3/c14-10-5-9(6-11(15)7-10)8-13(12(16)17)1-3-18-4-2-13/h5-7H,1-4,8H2,(H,16,17). The Morgan fingerprint density at radius 3 is 2.28 bits per heavy atom. The van der Waals surface area contributed by atoms with Gasteiger partial charge in [0.25, 0.3) is 0 Å². The molecule has 1 saturated heterocycles. The molecule has 0 amide bonds. The van der Waals surface area contributed by atoms with Crippen LogP contribution in [0.1, 0.15) is 18.4 Å². The van der Waals surface area contributed by atoms with Gasteiger partial charge in [0.2, 0.25) is 0 Å². The molecule has 0 saturated carbocycles. The van der Waals surface area contributed by atoms with Crippen molar-refractivity contribution in [2.75, 3.05) is 13.2 Å². The third-order valence-electron chi connectivity index (χ3n) is 3.37. The Kier molecular flexibility index (Phi) is 3.61. The largest absolute Gasteiger partial charge is 0.481 e. The summed E-state index contributed by atoms with van der Waals surface area (Å²) in [5.41, 5.74) is -0.602. The normalized spacial score (nSPS) is 18.6. The third-order valence-corrected chi connectivity index (χ3v) is 3.37. The highest BCUT2D eigenvalue weighted by atomic mass is 19.1. The molecule has 2 rings (SSSR count). The number of benzene rings is 1. The first-order valence-electron chi connectivity index (χ1n) is 5.78. The number of hydrogen-bond acceptors (Lipinski definition) is 2. The zero-order chi connectivity index (χ0) is 13.2. The molecular formula is C13H14F2O3. The van der Waals surface area contributed by atoms with E-state index < -0.39 is 23.0 Å². The Balaban J connectivity index is 2.25. The van der Waals surface area contributed by atoms with E-state index in [1.807, 2.05) is 0 Å². The van der Waals surface area contributed by atoms with Crippen molar-refractivity contribution in [3.63, 3.8) is 0 Å². The van der Waals surface area contributed by atoms with Crippen molar-refractivity contribution in [3.05, 3.63) is 35.4 Å². The van der Waals surface area contributed by atoms with E-state index in [4.69, 9.17) is 4.74 Å². The van der Waals surface area contributed by atoms with E-state index in [0.29, 0.717) is 31.6 Å². The zero-order valence-electron chi connectivity index (χ0n) is 9.79. The van der Waals surface area contributed by atoms with Crippen LogP contribution in [0.2, 0.25) is 0 Å². The first-order valence-corrected chi connectivity index (χ1v) is 5.78. The topological polar surface area (TPSA) is 46.5 Å². The predicted molar refractivity (Wildman–Crippen MR) is 60.2 cm³/mol. The van der Waals surface area contributed by atoms with Crippen LogP contribution in [-0.4, -0.2) is 24.3 Å². The number of rotatable bonds is 3. The molecular weight excluding hydrogens is 242 g/mol. The zero-order valence-corrected chi connectivity index (χ0v) is 9.79. The summed E-state index contributed by atoms with van der Waals surface area (Å²) < 4.78 is 31.3. The average Bonchev–Trinajstić information content (AvgIpc) is 2.28. The summed E-state index contributed by atoms with van der Waals surface area (Å²) in [6.07, 6.45) is 0.849. The summed E-state index contributed by atoms with van der Waals surface area (Å²) in [4.78, 5) is 11.4. The van der Waals surface area contributed by atoms with E-state index in [2.05, 4.69) is 0 Å². The van der Waals surface area contributed by atoms with Gasteiger partial charge in [-0.15, -0.1) is 0 Å². The highest BCUT2D eigenvalue weighted by molar-refractivity contribution is 5.75. The van der Waals surface area contributed by atoms with Gasteiger partial charge < -0.3 is 9.84 Å². The Morgan fingerprint density at radius 2 is 1.78 bits per heavy atom. The summed E-state index contributed by atoms with van der Waals surface area (Å²) in [6, 6.07) is 3.15. The molecule has 1 aliphatic heterocycles. The van der Waals surface area contributed by atoms with Gasteiger partial charge in [0.15, 0.2) is 0 Å². The van der Waals surface area contributed by atoms with Crippen molar-refractivity contribution < 1.29 is 23.4 Å². The molecule has 0 aromatic heterocycles. The molecule has 98 valence electrons. The first-order chi connectivity index (χ1) is 8.52. The molecule has 0 unspecified atom stereocenters. The van der Waals surface area contributed by atoms with Gasteiger partial charge in [0.05, 0.1) is 5.41 Å². The van der Waals surface area contributed by atoms with E-state index in [1.54, 1.807) is 0 Å². The maximum absolute atomic E-state index is 13.1. The summed E-state index contributed by atoms with van der Waals surface area (Å²) in [7, 11) is 0. The molecule has 1 aromatic carbocycles. The van der Waals surface area contributed by atoms with Crippen molar-refractivity contribution in [2.45, 2.75) is 19.3 Å². The molecule has 1 aliphatic rings. The minimum Gasteiger partial charge on any atom is -0.481 e. The Hall–Kier alpha value is -1.49. The van der Waals surface area contributed by atoms with E-state index >= 15 is 0 Å². The van der Waals surface area contributed by atoms with Gasteiger partial charge in [-0.25, -0.2) is 8.78 Å². The van der Waals surface area contributed by atoms with E-state index in [0.717, 1.165) is 6.07 Å². The minimum atomic E-state index is -0.974. The molecule has 0 bridgehead atoms. The molecule has 1 aromatic rings. The van der Waals surface area contributed by atoms with Crippen molar-refractivity contribution in [3.8, 4) is 0 Å². The summed E-state index contributed by atoms with van der Waals surface area (Å²) >= 11 is 0. The number of hydrogen-bond donors (Lipinski definition) is 1. The molecule has 0 atom stereocenters. The smallest absolute Gasteiger partial charge is 0.310 e. The van der Waals surface area contributed by atoms with Crippen LogP contribution in [0.4, 0.5) is 8.78 Å². The lowest BCUT2D eigenvalue weighted by molar-refractivity contribution is -0.154. The van der Waals surface area contributed by atoms with Crippen LogP contribution < -0.4 is 0 Å². The van der Waals surface area contributed by atoms with E-state index in [1.165, 1.54) is 12.1 Å². The predicted octanol–water partition coefficient (Wildman–Crippen LogP) is 2.39. The highest BCUT2D eigenvalue weighted by Gasteiger charge is 2.40. The van der Waals surface area contributed by atoms with Crippen LogP contribution >= 0.6 is 0 Å². The first kappa shape index (κ1) is 13.0. The quantitative estimate of drug-likeness (QED) is 0.903. The molecule has 3 nitrogen and oxygen atoms in total. The van der Waals surface area contributed by atoms with Crippen LogP contribution in [0.3, 0.4) is 0 Å². The van der Waals surface area contributed by atoms with Gasteiger partial charge in [0, 0.05) is 19.3 Å². The van der Waals surface area contributed by atoms with Gasteiger partial charge >= 0.3 is 5.97 Å². The van der Waals surface area contributed by atoms with Gasteiger partial charge in [-0.2, -0.15) is 0 Å². The third kappa shape index (κ3) is 2.67. The summed E-state index contributed by atoms with van der Waals surface area (Å²) in [6.45, 7) is 0.730. The fourth-order valence-electron chi connectivity index (χ4n) is 2.33. The molecule has 5 heteroatoms. The minimum absolute atomic E-state index is 0.125. The number of carboxylic acids is 1. The number of carbonyl (C=O) groups is 1. The number of ether oxygens (including phenoxy) is 1. The van der Waals surface area contributed by atoms with Crippen molar-refractivity contribution in [2.24, 2.45) is 5.41 Å². The van der Waals surface area contributed by atoms with Crippen LogP contribution in [0.15, 0.2) is 18.2 Å². The maximum atomic E-state index is 13.1. The van der Waals surface area contributed by atoms with Crippen molar-refractivity contribution in [1.29, 1.82) is 0 Å². The summed E-state index contributed by atoms with van der Waals surface area (Å²) in [5, 5.41) is 9.35. The monoisotopic (exact) mass is 256 g/mol. The van der Waals surface area contributed by atoms with Gasteiger partial charge in [-0.3, -0.25) is 4.79 Å². The summed E-state index contributed by atoms with van der Waals surface area (Å²) in [5.74, 6) is -2.30. The lowest BCUT2D eigenvalue weighted by Gasteiger charge is -2.33. The molecule has 0 aliphatic carbocycles.